The number of nitrogens with one attached hydrogen (secondary N) is 1. The molecule has 0 atom stereocenters. The molecule has 114 valence electrons. The van der Waals surface area contributed by atoms with Crippen LogP contribution in [0.3, 0.4) is 0 Å². The topological polar surface area (TPSA) is 72.4 Å². The fraction of sp³-hybridized carbons (Fsp3) is 0.769. The third kappa shape index (κ3) is 5.16. The molecule has 1 aromatic heterocycles. The first-order valence-electron chi connectivity index (χ1n) is 7.20. The molecular weight excluding hydrogens is 258 g/mol. The molecule has 0 aromatic carbocycles. The minimum absolute atomic E-state index is 0.350. The Hall–Kier alpha value is -1.63. The molecule has 7 heteroatoms. The van der Waals surface area contributed by atoms with Crippen LogP contribution in [0.4, 0.5) is 11.9 Å². The van der Waals surface area contributed by atoms with Crippen molar-refractivity contribution in [3.8, 4) is 6.01 Å². The molecule has 0 aliphatic carbocycles. The van der Waals surface area contributed by atoms with Crippen molar-refractivity contribution < 1.29 is 9.47 Å². The molecule has 0 unspecified atom stereocenters. The van der Waals surface area contributed by atoms with Gasteiger partial charge in [-0.15, -0.1) is 0 Å². The van der Waals surface area contributed by atoms with E-state index in [0.717, 1.165) is 19.6 Å². The first-order chi connectivity index (χ1) is 9.74. The second-order valence-electron chi connectivity index (χ2n) is 3.98. The lowest BCUT2D eigenvalue weighted by Crippen LogP contribution is -2.29. The zero-order chi connectivity index (χ0) is 14.8. The predicted octanol–water partition coefficient (Wildman–Crippen LogP) is 1.56. The van der Waals surface area contributed by atoms with Gasteiger partial charge in [-0.1, -0.05) is 0 Å². The summed E-state index contributed by atoms with van der Waals surface area (Å²) in [7, 11) is 0. The highest BCUT2D eigenvalue weighted by molar-refractivity contribution is 5.38. The summed E-state index contributed by atoms with van der Waals surface area (Å²) in [6.07, 6.45) is 0. The summed E-state index contributed by atoms with van der Waals surface area (Å²) in [5, 5.41) is 3.09. The number of nitrogens with zero attached hydrogens (tertiary/aromatic N) is 4. The van der Waals surface area contributed by atoms with Gasteiger partial charge < -0.3 is 19.7 Å². The number of aromatic nitrogens is 3. The van der Waals surface area contributed by atoms with Crippen LogP contribution in [-0.2, 0) is 4.74 Å². The Morgan fingerprint density at radius 2 is 1.85 bits per heavy atom. The molecule has 1 rings (SSSR count). The van der Waals surface area contributed by atoms with E-state index in [0.29, 0.717) is 37.7 Å². The van der Waals surface area contributed by atoms with Crippen molar-refractivity contribution in [3.63, 3.8) is 0 Å². The van der Waals surface area contributed by atoms with Gasteiger partial charge in [-0.25, -0.2) is 0 Å². The van der Waals surface area contributed by atoms with Gasteiger partial charge in [0.15, 0.2) is 0 Å². The van der Waals surface area contributed by atoms with Gasteiger partial charge in [0.2, 0.25) is 11.9 Å². The van der Waals surface area contributed by atoms with Gasteiger partial charge >= 0.3 is 6.01 Å². The lowest BCUT2D eigenvalue weighted by atomic mass is 10.5. The van der Waals surface area contributed by atoms with Crippen molar-refractivity contribution in [2.45, 2.75) is 27.7 Å². The molecule has 0 saturated heterocycles. The third-order valence-corrected chi connectivity index (χ3v) is 2.59. The van der Waals surface area contributed by atoms with E-state index in [4.69, 9.17) is 9.47 Å². The highest BCUT2D eigenvalue weighted by Crippen LogP contribution is 2.14. The van der Waals surface area contributed by atoms with Crippen LogP contribution < -0.4 is 15.0 Å². The van der Waals surface area contributed by atoms with Crippen LogP contribution in [0.2, 0.25) is 0 Å². The maximum absolute atomic E-state index is 5.39. The average molecular weight is 283 g/mol. The molecule has 0 amide bonds. The highest BCUT2D eigenvalue weighted by Gasteiger charge is 2.12. The largest absolute Gasteiger partial charge is 0.464 e. The van der Waals surface area contributed by atoms with Crippen molar-refractivity contribution >= 4 is 11.9 Å². The van der Waals surface area contributed by atoms with Crippen LogP contribution in [0.25, 0.3) is 0 Å². The highest BCUT2D eigenvalue weighted by atomic mass is 16.5. The van der Waals surface area contributed by atoms with Crippen LogP contribution in [0.15, 0.2) is 0 Å². The second-order valence-corrected chi connectivity index (χ2v) is 3.98. The van der Waals surface area contributed by atoms with Gasteiger partial charge in [0.25, 0.3) is 0 Å². The predicted molar refractivity (Wildman–Crippen MR) is 79.5 cm³/mol. The van der Waals surface area contributed by atoms with E-state index < -0.39 is 0 Å². The van der Waals surface area contributed by atoms with Gasteiger partial charge in [-0.2, -0.15) is 15.0 Å². The zero-order valence-corrected chi connectivity index (χ0v) is 12.8. The van der Waals surface area contributed by atoms with Crippen LogP contribution in [0, 0.1) is 0 Å². The quantitative estimate of drug-likeness (QED) is 0.653. The minimum Gasteiger partial charge on any atom is -0.464 e. The molecule has 1 heterocycles. The SMILES string of the molecule is CCNc1nc(OCC)nc(N(CC)CCOCC)n1. The summed E-state index contributed by atoms with van der Waals surface area (Å²) < 4.78 is 10.8. The van der Waals surface area contributed by atoms with E-state index in [2.05, 4.69) is 27.2 Å². The number of rotatable bonds is 10. The van der Waals surface area contributed by atoms with E-state index in [1.165, 1.54) is 0 Å². The summed E-state index contributed by atoms with van der Waals surface area (Å²) in [5.74, 6) is 1.15. The number of likely N-dealkylation sites (N-methyl/N-ethyl adjacent to an activating group) is 1. The number of hydrogen-bond donors (Lipinski definition) is 1. The summed E-state index contributed by atoms with van der Waals surface area (Å²) in [6, 6.07) is 0.350. The van der Waals surface area contributed by atoms with Crippen molar-refractivity contribution in [1.29, 1.82) is 0 Å². The van der Waals surface area contributed by atoms with Gasteiger partial charge in [0.1, 0.15) is 0 Å². The maximum atomic E-state index is 5.39. The second kappa shape index (κ2) is 9.30. The van der Waals surface area contributed by atoms with E-state index in [-0.39, 0.29) is 0 Å². The van der Waals surface area contributed by atoms with E-state index in [9.17, 15) is 0 Å². The van der Waals surface area contributed by atoms with Gasteiger partial charge in [-0.3, -0.25) is 0 Å². The Balaban J connectivity index is 2.87. The molecule has 0 fully saturated rings. The third-order valence-electron chi connectivity index (χ3n) is 2.59. The van der Waals surface area contributed by atoms with Crippen LogP contribution in [-0.4, -0.2) is 54.4 Å². The smallest absolute Gasteiger partial charge is 0.323 e. The van der Waals surface area contributed by atoms with E-state index >= 15 is 0 Å². The molecule has 0 aliphatic rings. The molecule has 0 bridgehead atoms. The molecule has 1 N–H and O–H groups in total. The molecule has 0 aliphatic heterocycles. The minimum atomic E-state index is 0.350. The average Bonchev–Trinajstić information content (AvgIpc) is 2.44. The Kier molecular flexibility index (Phi) is 7.64. The molecule has 20 heavy (non-hydrogen) atoms. The number of hydrogen-bond acceptors (Lipinski definition) is 7. The fourth-order valence-electron chi connectivity index (χ4n) is 1.64. The Morgan fingerprint density at radius 3 is 2.45 bits per heavy atom. The zero-order valence-electron chi connectivity index (χ0n) is 12.8. The molecule has 0 radical (unpaired) electrons. The van der Waals surface area contributed by atoms with Gasteiger partial charge in [0.05, 0.1) is 13.2 Å². The molecule has 0 saturated carbocycles. The van der Waals surface area contributed by atoms with Gasteiger partial charge in [-0.05, 0) is 27.7 Å². The first kappa shape index (κ1) is 16.4. The summed E-state index contributed by atoms with van der Waals surface area (Å²) in [5.41, 5.74) is 0. The lowest BCUT2D eigenvalue weighted by molar-refractivity contribution is 0.153. The molecule has 1 aromatic rings. The number of ether oxygens (including phenoxy) is 2. The van der Waals surface area contributed by atoms with Gasteiger partial charge in [0, 0.05) is 26.2 Å². The van der Waals surface area contributed by atoms with Crippen LogP contribution >= 0.6 is 0 Å². The van der Waals surface area contributed by atoms with Crippen molar-refractivity contribution in [2.24, 2.45) is 0 Å². The Labute approximate surface area is 120 Å². The lowest BCUT2D eigenvalue weighted by Gasteiger charge is -2.21. The maximum Gasteiger partial charge on any atom is 0.323 e. The monoisotopic (exact) mass is 283 g/mol. The summed E-state index contributed by atoms with van der Waals surface area (Å²) in [4.78, 5) is 15.0. The number of anilines is 2. The Bertz CT molecular complexity index is 365. The van der Waals surface area contributed by atoms with Crippen molar-refractivity contribution in [1.82, 2.24) is 15.0 Å². The molecule has 0 spiro atoms. The molecular formula is C13H25N5O2. The van der Waals surface area contributed by atoms with Crippen LogP contribution in [0.1, 0.15) is 27.7 Å². The normalized spacial score (nSPS) is 10.4. The summed E-state index contributed by atoms with van der Waals surface area (Å²) >= 11 is 0. The molecule has 7 nitrogen and oxygen atoms in total. The van der Waals surface area contributed by atoms with E-state index in [1.54, 1.807) is 0 Å². The first-order valence-corrected chi connectivity index (χ1v) is 7.20. The fourth-order valence-corrected chi connectivity index (χ4v) is 1.64. The standard InChI is InChI=1S/C13H25N5O2/c1-5-14-11-15-12(17-13(16-11)20-8-4)18(6-2)9-10-19-7-3/h5-10H2,1-4H3,(H,14,15,16,17). The van der Waals surface area contributed by atoms with Crippen LogP contribution in [0.5, 0.6) is 6.01 Å². The van der Waals surface area contributed by atoms with Crippen molar-refractivity contribution in [3.05, 3.63) is 0 Å². The Morgan fingerprint density at radius 1 is 1.05 bits per heavy atom. The van der Waals surface area contributed by atoms with Crippen molar-refractivity contribution in [2.75, 3.05) is 49.7 Å². The summed E-state index contributed by atoms with van der Waals surface area (Å²) in [6.45, 7) is 12.1. The van der Waals surface area contributed by atoms with E-state index in [1.807, 2.05) is 25.7 Å².